The first-order valence-corrected chi connectivity index (χ1v) is 5.19. The minimum atomic E-state index is -0.585. The lowest BCUT2D eigenvalue weighted by Crippen LogP contribution is -2.31. The zero-order valence-corrected chi connectivity index (χ0v) is 10.2. The monoisotopic (exact) mass is 218 g/mol. The highest BCUT2D eigenvalue weighted by molar-refractivity contribution is 5.59. The van der Waals surface area contributed by atoms with Crippen LogP contribution < -0.4 is 0 Å². The van der Waals surface area contributed by atoms with E-state index < -0.39 is 6.16 Å². The molecular formula is C10H22N2O3. The quantitative estimate of drug-likeness (QED) is 0.587. The van der Waals surface area contributed by atoms with Gasteiger partial charge >= 0.3 is 6.16 Å². The molecule has 0 rings (SSSR count). The van der Waals surface area contributed by atoms with Gasteiger partial charge in [-0.15, -0.1) is 0 Å². The standard InChI is InChI=1S/C10H22N2O3/c1-5-14-10(13)15-9-8-12(4)7-6-11(2)3/h5-9H2,1-4H3. The van der Waals surface area contributed by atoms with Crippen LogP contribution in [0.4, 0.5) is 4.79 Å². The molecule has 15 heavy (non-hydrogen) atoms. The van der Waals surface area contributed by atoms with Gasteiger partial charge in [0, 0.05) is 19.6 Å². The van der Waals surface area contributed by atoms with Crippen molar-refractivity contribution < 1.29 is 14.3 Å². The Bertz CT molecular complexity index is 174. The van der Waals surface area contributed by atoms with E-state index in [1.54, 1.807) is 6.92 Å². The molecule has 0 aliphatic carbocycles. The molecule has 5 heteroatoms. The predicted octanol–water partition coefficient (Wildman–Crippen LogP) is 0.653. The smallest absolute Gasteiger partial charge is 0.435 e. The van der Waals surface area contributed by atoms with Crippen molar-refractivity contribution in [1.29, 1.82) is 0 Å². The highest BCUT2D eigenvalue weighted by Crippen LogP contribution is 1.88. The van der Waals surface area contributed by atoms with E-state index in [0.717, 1.165) is 19.6 Å². The van der Waals surface area contributed by atoms with Gasteiger partial charge in [0.15, 0.2) is 0 Å². The zero-order chi connectivity index (χ0) is 11.7. The minimum absolute atomic E-state index is 0.356. The van der Waals surface area contributed by atoms with E-state index in [1.807, 2.05) is 21.1 Å². The lowest BCUT2D eigenvalue weighted by Gasteiger charge is -2.18. The van der Waals surface area contributed by atoms with E-state index in [2.05, 4.69) is 14.5 Å². The van der Waals surface area contributed by atoms with Crippen LogP contribution in [0, 0.1) is 0 Å². The van der Waals surface area contributed by atoms with Gasteiger partial charge in [0.05, 0.1) is 6.61 Å². The lowest BCUT2D eigenvalue weighted by atomic mass is 10.5. The molecule has 0 unspecified atom stereocenters. The Morgan fingerprint density at radius 3 is 2.27 bits per heavy atom. The van der Waals surface area contributed by atoms with Gasteiger partial charge in [-0.05, 0) is 28.1 Å². The van der Waals surface area contributed by atoms with Crippen molar-refractivity contribution in [3.05, 3.63) is 0 Å². The van der Waals surface area contributed by atoms with Gasteiger partial charge in [0.25, 0.3) is 0 Å². The molecule has 0 atom stereocenters. The predicted molar refractivity (Wildman–Crippen MR) is 59.0 cm³/mol. The maximum atomic E-state index is 10.8. The maximum Gasteiger partial charge on any atom is 0.508 e. The van der Waals surface area contributed by atoms with Crippen LogP contribution in [-0.4, -0.2) is 69.9 Å². The van der Waals surface area contributed by atoms with Crippen molar-refractivity contribution in [3.8, 4) is 0 Å². The van der Waals surface area contributed by atoms with Crippen LogP contribution >= 0.6 is 0 Å². The van der Waals surface area contributed by atoms with E-state index in [0.29, 0.717) is 13.2 Å². The van der Waals surface area contributed by atoms with Gasteiger partial charge < -0.3 is 19.3 Å². The number of carbonyl (C=O) groups excluding carboxylic acids is 1. The number of carbonyl (C=O) groups is 1. The molecule has 0 aromatic heterocycles. The third kappa shape index (κ3) is 9.49. The van der Waals surface area contributed by atoms with Crippen LogP contribution in [0.2, 0.25) is 0 Å². The molecule has 0 bridgehead atoms. The van der Waals surface area contributed by atoms with Gasteiger partial charge in [-0.25, -0.2) is 4.79 Å². The van der Waals surface area contributed by atoms with Crippen molar-refractivity contribution in [3.63, 3.8) is 0 Å². The second-order valence-corrected chi connectivity index (χ2v) is 3.64. The first kappa shape index (κ1) is 14.2. The summed E-state index contributed by atoms with van der Waals surface area (Å²) >= 11 is 0. The fraction of sp³-hybridized carbons (Fsp3) is 0.900. The van der Waals surface area contributed by atoms with E-state index in [9.17, 15) is 4.79 Å². The van der Waals surface area contributed by atoms with Crippen LogP contribution in [0.15, 0.2) is 0 Å². The molecule has 0 radical (unpaired) electrons. The topological polar surface area (TPSA) is 42.0 Å². The van der Waals surface area contributed by atoms with Gasteiger partial charge in [-0.3, -0.25) is 0 Å². The summed E-state index contributed by atoms with van der Waals surface area (Å²) in [6.45, 7) is 5.17. The number of nitrogens with zero attached hydrogens (tertiary/aromatic N) is 2. The van der Waals surface area contributed by atoms with E-state index in [-0.39, 0.29) is 0 Å². The van der Waals surface area contributed by atoms with Crippen molar-refractivity contribution in [2.75, 3.05) is 54.0 Å². The number of hydrogen-bond acceptors (Lipinski definition) is 5. The first-order chi connectivity index (χ1) is 7.06. The van der Waals surface area contributed by atoms with Crippen molar-refractivity contribution in [1.82, 2.24) is 9.80 Å². The third-order valence-electron chi connectivity index (χ3n) is 1.88. The summed E-state index contributed by atoms with van der Waals surface area (Å²) < 4.78 is 9.48. The largest absolute Gasteiger partial charge is 0.508 e. The van der Waals surface area contributed by atoms with Crippen LogP contribution in [0.1, 0.15) is 6.92 Å². The lowest BCUT2D eigenvalue weighted by molar-refractivity contribution is 0.0530. The molecule has 0 N–H and O–H groups in total. The number of hydrogen-bond donors (Lipinski definition) is 0. The summed E-state index contributed by atoms with van der Waals surface area (Å²) in [6.07, 6.45) is -0.585. The summed E-state index contributed by atoms with van der Waals surface area (Å²) in [5.41, 5.74) is 0. The molecule has 90 valence electrons. The highest BCUT2D eigenvalue weighted by Gasteiger charge is 2.03. The SMILES string of the molecule is CCOC(=O)OCCN(C)CCN(C)C. The Balaban J connectivity index is 3.38. The highest BCUT2D eigenvalue weighted by atomic mass is 16.7. The Morgan fingerprint density at radius 2 is 1.73 bits per heavy atom. The minimum Gasteiger partial charge on any atom is -0.435 e. The van der Waals surface area contributed by atoms with E-state index in [1.165, 1.54) is 0 Å². The summed E-state index contributed by atoms with van der Waals surface area (Å²) in [5.74, 6) is 0. The summed E-state index contributed by atoms with van der Waals surface area (Å²) in [7, 11) is 6.06. The Morgan fingerprint density at radius 1 is 1.07 bits per heavy atom. The second-order valence-electron chi connectivity index (χ2n) is 3.64. The number of likely N-dealkylation sites (N-methyl/N-ethyl adjacent to an activating group) is 2. The van der Waals surface area contributed by atoms with Crippen molar-refractivity contribution in [2.45, 2.75) is 6.92 Å². The molecule has 0 aliphatic heterocycles. The molecule has 5 nitrogen and oxygen atoms in total. The fourth-order valence-corrected chi connectivity index (χ4v) is 0.927. The Labute approximate surface area is 91.9 Å². The van der Waals surface area contributed by atoms with Gasteiger partial charge in [-0.2, -0.15) is 0 Å². The summed E-state index contributed by atoms with van der Waals surface area (Å²) in [4.78, 5) is 15.0. The average molecular weight is 218 g/mol. The van der Waals surface area contributed by atoms with Crippen LogP contribution in [-0.2, 0) is 9.47 Å². The first-order valence-electron chi connectivity index (χ1n) is 5.19. The van der Waals surface area contributed by atoms with Gasteiger partial charge in [0.1, 0.15) is 6.61 Å². The van der Waals surface area contributed by atoms with Crippen LogP contribution in [0.3, 0.4) is 0 Å². The zero-order valence-electron chi connectivity index (χ0n) is 10.2. The molecule has 0 amide bonds. The molecular weight excluding hydrogens is 196 g/mol. The molecule has 0 aromatic carbocycles. The molecule has 0 fully saturated rings. The second kappa shape index (κ2) is 8.49. The average Bonchev–Trinajstić information content (AvgIpc) is 2.15. The summed E-state index contributed by atoms with van der Waals surface area (Å²) in [5, 5.41) is 0. The molecule has 0 spiro atoms. The molecule has 0 saturated heterocycles. The normalized spacial score (nSPS) is 10.8. The Kier molecular flexibility index (Phi) is 8.04. The number of rotatable bonds is 7. The van der Waals surface area contributed by atoms with Gasteiger partial charge in [0.2, 0.25) is 0 Å². The summed E-state index contributed by atoms with van der Waals surface area (Å²) in [6, 6.07) is 0. The molecule has 0 heterocycles. The Hall–Kier alpha value is -0.810. The van der Waals surface area contributed by atoms with Crippen molar-refractivity contribution in [2.24, 2.45) is 0 Å². The van der Waals surface area contributed by atoms with Crippen molar-refractivity contribution >= 4 is 6.16 Å². The van der Waals surface area contributed by atoms with Crippen LogP contribution in [0.5, 0.6) is 0 Å². The molecule has 0 saturated carbocycles. The fourth-order valence-electron chi connectivity index (χ4n) is 0.927. The van der Waals surface area contributed by atoms with E-state index in [4.69, 9.17) is 4.74 Å². The molecule has 0 aromatic rings. The number of ether oxygens (including phenoxy) is 2. The van der Waals surface area contributed by atoms with E-state index >= 15 is 0 Å². The molecule has 0 aliphatic rings. The van der Waals surface area contributed by atoms with Crippen LogP contribution in [0.25, 0.3) is 0 Å². The van der Waals surface area contributed by atoms with Gasteiger partial charge in [-0.1, -0.05) is 0 Å². The maximum absolute atomic E-state index is 10.8. The third-order valence-corrected chi connectivity index (χ3v) is 1.88.